The number of rotatable bonds is 6. The molecule has 3 rings (SSSR count). The van der Waals surface area contributed by atoms with Gasteiger partial charge in [0.25, 0.3) is 11.8 Å². The number of carbonyl (C=O) groups excluding carboxylic acids is 3. The highest BCUT2D eigenvalue weighted by Crippen LogP contribution is 2.38. The summed E-state index contributed by atoms with van der Waals surface area (Å²) >= 11 is 6.28. The molecule has 8 heteroatoms. The van der Waals surface area contributed by atoms with Gasteiger partial charge in [0.1, 0.15) is 0 Å². The number of imide groups is 1. The van der Waals surface area contributed by atoms with Crippen LogP contribution in [0, 0.1) is 0 Å². The molecule has 0 bridgehead atoms. The molecule has 0 atom stereocenters. The highest BCUT2D eigenvalue weighted by atomic mass is 35.5. The predicted molar refractivity (Wildman–Crippen MR) is 105 cm³/mol. The third-order valence-electron chi connectivity index (χ3n) is 4.30. The van der Waals surface area contributed by atoms with Gasteiger partial charge in [0.2, 0.25) is 0 Å². The van der Waals surface area contributed by atoms with Crippen LogP contribution in [0.3, 0.4) is 0 Å². The molecule has 0 saturated heterocycles. The van der Waals surface area contributed by atoms with Crippen molar-refractivity contribution in [1.29, 1.82) is 0 Å². The van der Waals surface area contributed by atoms with E-state index in [1.807, 2.05) is 6.92 Å². The van der Waals surface area contributed by atoms with Crippen LogP contribution in [0.15, 0.2) is 36.4 Å². The highest BCUT2D eigenvalue weighted by molar-refractivity contribution is 6.35. The van der Waals surface area contributed by atoms with Gasteiger partial charge in [-0.3, -0.25) is 14.5 Å². The molecule has 0 spiro atoms. The molecular formula is C21H17ClNO6-. The number of hydrogen-bond acceptors (Lipinski definition) is 6. The lowest BCUT2D eigenvalue weighted by Gasteiger charge is -2.29. The van der Waals surface area contributed by atoms with Crippen molar-refractivity contribution in [3.05, 3.63) is 58.1 Å². The van der Waals surface area contributed by atoms with Gasteiger partial charge in [0.15, 0.2) is 11.5 Å². The van der Waals surface area contributed by atoms with E-state index in [9.17, 15) is 19.5 Å². The molecule has 0 N–H and O–H groups in total. The summed E-state index contributed by atoms with van der Waals surface area (Å²) in [5.74, 6) is -2.19. The van der Waals surface area contributed by atoms with Crippen LogP contribution in [0.5, 0.6) is 11.5 Å². The first-order valence-electron chi connectivity index (χ1n) is 8.74. The number of carbonyl (C=O) groups is 3. The number of halogens is 1. The summed E-state index contributed by atoms with van der Waals surface area (Å²) in [4.78, 5) is 37.2. The number of carboxylic acids is 1. The first-order chi connectivity index (χ1) is 13.9. The lowest BCUT2D eigenvalue weighted by Crippen LogP contribution is -2.47. The van der Waals surface area contributed by atoms with Crippen molar-refractivity contribution in [1.82, 2.24) is 4.90 Å². The Labute approximate surface area is 172 Å². The van der Waals surface area contributed by atoms with E-state index in [2.05, 4.69) is 0 Å². The number of methoxy groups -OCH3 is 1. The molecule has 0 fully saturated rings. The van der Waals surface area contributed by atoms with Gasteiger partial charge in [0.05, 0.1) is 31.3 Å². The summed E-state index contributed by atoms with van der Waals surface area (Å²) in [6.45, 7) is 1.35. The zero-order valence-electron chi connectivity index (χ0n) is 15.7. The summed E-state index contributed by atoms with van der Waals surface area (Å²) < 4.78 is 10.8. The number of aliphatic carboxylic acids is 1. The summed E-state index contributed by atoms with van der Waals surface area (Å²) in [7, 11) is 1.46. The quantitative estimate of drug-likeness (QED) is 0.530. The van der Waals surface area contributed by atoms with Gasteiger partial charge < -0.3 is 19.4 Å². The largest absolute Gasteiger partial charge is 0.548 e. The second-order valence-corrected chi connectivity index (χ2v) is 6.55. The second kappa shape index (κ2) is 8.36. The van der Waals surface area contributed by atoms with Gasteiger partial charge in [-0.25, -0.2) is 0 Å². The smallest absolute Gasteiger partial charge is 0.261 e. The lowest BCUT2D eigenvalue weighted by atomic mass is 9.92. The molecule has 7 nitrogen and oxygen atoms in total. The molecule has 0 saturated carbocycles. The summed E-state index contributed by atoms with van der Waals surface area (Å²) in [6.07, 6.45) is 1.53. The minimum atomic E-state index is -1.53. The van der Waals surface area contributed by atoms with E-state index in [4.69, 9.17) is 21.1 Å². The minimum absolute atomic E-state index is 0.158. The molecule has 2 amide bonds. The Morgan fingerprint density at radius 2 is 1.86 bits per heavy atom. The van der Waals surface area contributed by atoms with E-state index >= 15 is 0 Å². The minimum Gasteiger partial charge on any atom is -0.548 e. The first kappa shape index (κ1) is 20.4. The van der Waals surface area contributed by atoms with Crippen LogP contribution < -0.4 is 14.6 Å². The monoisotopic (exact) mass is 414 g/mol. The van der Waals surface area contributed by atoms with Gasteiger partial charge in [0, 0.05) is 11.1 Å². The molecule has 0 radical (unpaired) electrons. The lowest BCUT2D eigenvalue weighted by molar-refractivity contribution is -0.305. The highest BCUT2D eigenvalue weighted by Gasteiger charge is 2.34. The maximum atomic E-state index is 12.9. The third kappa shape index (κ3) is 3.95. The Bertz CT molecular complexity index is 1030. The number of benzene rings is 2. The molecule has 1 aliphatic heterocycles. The molecule has 1 aliphatic rings. The van der Waals surface area contributed by atoms with Crippen LogP contribution in [-0.2, 0) is 9.59 Å². The van der Waals surface area contributed by atoms with Gasteiger partial charge >= 0.3 is 0 Å². The van der Waals surface area contributed by atoms with Gasteiger partial charge in [-0.05, 0) is 42.3 Å². The molecule has 150 valence electrons. The third-order valence-corrected chi connectivity index (χ3v) is 4.58. The molecule has 0 aromatic heterocycles. The van der Waals surface area contributed by atoms with Crippen molar-refractivity contribution in [2.75, 3.05) is 20.3 Å². The average molecular weight is 415 g/mol. The van der Waals surface area contributed by atoms with E-state index in [-0.39, 0.29) is 16.2 Å². The number of hydrogen-bond donors (Lipinski definition) is 0. The summed E-state index contributed by atoms with van der Waals surface area (Å²) in [6, 6.07) is 9.73. The number of nitrogens with zero attached hydrogens (tertiary/aromatic N) is 1. The molecule has 0 aliphatic carbocycles. The Kier molecular flexibility index (Phi) is 5.89. The molecule has 1 heterocycles. The van der Waals surface area contributed by atoms with Crippen LogP contribution in [0.4, 0.5) is 0 Å². The fraction of sp³-hybridized carbons (Fsp3) is 0.190. The number of ether oxygens (including phenoxy) is 2. The predicted octanol–water partition coefficient (Wildman–Crippen LogP) is 2.02. The molecule has 2 aromatic carbocycles. The fourth-order valence-electron chi connectivity index (χ4n) is 3.11. The van der Waals surface area contributed by atoms with Gasteiger partial charge in [-0.1, -0.05) is 29.8 Å². The maximum absolute atomic E-state index is 12.9. The van der Waals surface area contributed by atoms with Crippen LogP contribution in [-0.4, -0.2) is 42.9 Å². The van der Waals surface area contributed by atoms with Crippen LogP contribution in [0.25, 0.3) is 11.6 Å². The summed E-state index contributed by atoms with van der Waals surface area (Å²) in [5.41, 5.74) is 1.32. The normalized spacial score (nSPS) is 14.7. The Hall–Kier alpha value is -3.32. The zero-order valence-corrected chi connectivity index (χ0v) is 16.5. The Morgan fingerprint density at radius 3 is 2.48 bits per heavy atom. The van der Waals surface area contributed by atoms with Crippen molar-refractivity contribution in [3.8, 4) is 11.5 Å². The molecular weight excluding hydrogens is 398 g/mol. The standard InChI is InChI=1S/C21H18ClNO6/c1-3-29-17-10-12(9-16(22)19(17)28-2)8-15-13-6-4-5-7-14(13)20(26)23(21(15)27)11-18(24)25/h4-10H,3,11H2,1-2H3,(H,24,25)/p-1/b15-8-. The number of amides is 2. The topological polar surface area (TPSA) is 96.0 Å². The van der Waals surface area contributed by atoms with Crippen molar-refractivity contribution < 1.29 is 29.0 Å². The fourth-order valence-corrected chi connectivity index (χ4v) is 3.41. The SMILES string of the molecule is CCOc1cc(/C=C2\C(=O)N(CC(=O)[O-])C(=O)c3ccccc32)cc(Cl)c1OC. The van der Waals surface area contributed by atoms with Crippen molar-refractivity contribution in [3.63, 3.8) is 0 Å². The van der Waals surface area contributed by atoms with Gasteiger partial charge in [-0.15, -0.1) is 0 Å². The molecule has 2 aromatic rings. The maximum Gasteiger partial charge on any atom is 0.261 e. The summed E-state index contributed by atoms with van der Waals surface area (Å²) in [5, 5.41) is 11.3. The molecule has 0 unspecified atom stereocenters. The zero-order chi connectivity index (χ0) is 21.1. The van der Waals surface area contributed by atoms with E-state index in [0.29, 0.717) is 34.1 Å². The van der Waals surface area contributed by atoms with E-state index < -0.39 is 24.3 Å². The van der Waals surface area contributed by atoms with Crippen LogP contribution in [0.1, 0.15) is 28.4 Å². The number of fused-ring (bicyclic) bond motifs is 1. The Balaban J connectivity index is 2.17. The Morgan fingerprint density at radius 1 is 1.17 bits per heavy atom. The average Bonchev–Trinajstić information content (AvgIpc) is 2.68. The van der Waals surface area contributed by atoms with E-state index in [0.717, 1.165) is 0 Å². The van der Waals surface area contributed by atoms with Crippen molar-refractivity contribution in [2.45, 2.75) is 6.92 Å². The van der Waals surface area contributed by atoms with Crippen LogP contribution >= 0.6 is 11.6 Å². The second-order valence-electron chi connectivity index (χ2n) is 6.14. The molecule has 29 heavy (non-hydrogen) atoms. The van der Waals surface area contributed by atoms with Gasteiger partial charge in [-0.2, -0.15) is 0 Å². The van der Waals surface area contributed by atoms with E-state index in [1.165, 1.54) is 19.3 Å². The van der Waals surface area contributed by atoms with Crippen LogP contribution in [0.2, 0.25) is 5.02 Å². The van der Waals surface area contributed by atoms with Crippen molar-refractivity contribution >= 4 is 41.0 Å². The number of carboxylic acid groups (broad SMARTS) is 1. The first-order valence-corrected chi connectivity index (χ1v) is 9.12. The van der Waals surface area contributed by atoms with Crippen molar-refractivity contribution in [2.24, 2.45) is 0 Å². The van der Waals surface area contributed by atoms with E-state index in [1.54, 1.807) is 30.3 Å².